The van der Waals surface area contributed by atoms with Gasteiger partial charge in [0.1, 0.15) is 0 Å². The van der Waals surface area contributed by atoms with Crippen LogP contribution in [0, 0.1) is 11.3 Å². The van der Waals surface area contributed by atoms with Gasteiger partial charge in [0.2, 0.25) is 0 Å². The third-order valence-corrected chi connectivity index (χ3v) is 2.80. The maximum absolute atomic E-state index is 8.67. The minimum Gasteiger partial charge on any atom is -0.326 e. The fourth-order valence-electron chi connectivity index (χ4n) is 1.95. The van der Waals surface area contributed by atoms with Crippen LogP contribution in [0.5, 0.6) is 0 Å². The molecule has 1 saturated heterocycles. The van der Waals surface area contributed by atoms with Gasteiger partial charge in [0.25, 0.3) is 0 Å². The van der Waals surface area contributed by atoms with Crippen LogP contribution >= 0.6 is 0 Å². The van der Waals surface area contributed by atoms with Gasteiger partial charge in [-0.1, -0.05) is 12.1 Å². The molecule has 3 heteroatoms. The lowest BCUT2D eigenvalue weighted by Gasteiger charge is -2.14. The molecule has 0 aliphatic carbocycles. The molecule has 2 rings (SSSR count). The van der Waals surface area contributed by atoms with Crippen LogP contribution in [0.4, 0.5) is 0 Å². The van der Waals surface area contributed by atoms with Gasteiger partial charge in [-0.3, -0.25) is 4.90 Å². The van der Waals surface area contributed by atoms with E-state index in [1.165, 1.54) is 5.56 Å². The first kappa shape index (κ1) is 10.2. The van der Waals surface area contributed by atoms with Gasteiger partial charge in [0.15, 0.2) is 0 Å². The van der Waals surface area contributed by atoms with E-state index in [-0.39, 0.29) is 0 Å². The fraction of sp³-hybridized carbons (Fsp3) is 0.417. The van der Waals surface area contributed by atoms with Crippen LogP contribution in [0.1, 0.15) is 17.5 Å². The molecule has 1 aliphatic heterocycles. The van der Waals surface area contributed by atoms with Crippen LogP contribution < -0.4 is 5.73 Å². The predicted octanol–water partition coefficient (Wildman–Crippen LogP) is 1.09. The minimum absolute atomic E-state index is 0.336. The largest absolute Gasteiger partial charge is 0.326 e. The standard InChI is InChI=1S/C12H15N3/c13-7-10-1-3-11(4-2-10)8-15-6-5-12(14)9-15/h1-4,12H,5-6,8-9,14H2/t12-/m1/s1. The number of hydrogen-bond acceptors (Lipinski definition) is 3. The Bertz CT molecular complexity index is 363. The summed E-state index contributed by atoms with van der Waals surface area (Å²) in [5.74, 6) is 0. The van der Waals surface area contributed by atoms with Gasteiger partial charge in [-0.2, -0.15) is 5.26 Å². The van der Waals surface area contributed by atoms with E-state index in [0.29, 0.717) is 6.04 Å². The number of nitrogens with two attached hydrogens (primary N) is 1. The van der Waals surface area contributed by atoms with E-state index in [1.807, 2.05) is 24.3 Å². The third-order valence-electron chi connectivity index (χ3n) is 2.80. The van der Waals surface area contributed by atoms with E-state index in [0.717, 1.165) is 31.6 Å². The quantitative estimate of drug-likeness (QED) is 0.779. The molecular weight excluding hydrogens is 186 g/mol. The SMILES string of the molecule is N#Cc1ccc(CN2CC[C@@H](N)C2)cc1. The van der Waals surface area contributed by atoms with Crippen molar-refractivity contribution in [3.63, 3.8) is 0 Å². The van der Waals surface area contributed by atoms with Crippen LogP contribution in [0.25, 0.3) is 0 Å². The third kappa shape index (κ3) is 2.56. The highest BCUT2D eigenvalue weighted by Crippen LogP contribution is 2.12. The average Bonchev–Trinajstić information content (AvgIpc) is 2.65. The molecule has 1 atom stereocenters. The molecule has 0 unspecified atom stereocenters. The molecule has 0 radical (unpaired) electrons. The van der Waals surface area contributed by atoms with Gasteiger partial charge in [0, 0.05) is 25.7 Å². The molecule has 1 aliphatic rings. The molecule has 0 bridgehead atoms. The van der Waals surface area contributed by atoms with Crippen molar-refractivity contribution < 1.29 is 0 Å². The second-order valence-corrected chi connectivity index (χ2v) is 4.09. The van der Waals surface area contributed by atoms with Crippen molar-refractivity contribution in [3.8, 4) is 6.07 Å². The smallest absolute Gasteiger partial charge is 0.0991 e. The van der Waals surface area contributed by atoms with Gasteiger partial charge < -0.3 is 5.73 Å². The molecular formula is C12H15N3. The van der Waals surface area contributed by atoms with Gasteiger partial charge in [-0.05, 0) is 24.1 Å². The summed E-state index contributed by atoms with van der Waals surface area (Å²) in [5.41, 5.74) is 7.81. The van der Waals surface area contributed by atoms with E-state index in [4.69, 9.17) is 11.0 Å². The van der Waals surface area contributed by atoms with Crippen molar-refractivity contribution >= 4 is 0 Å². The zero-order valence-electron chi connectivity index (χ0n) is 8.69. The molecule has 15 heavy (non-hydrogen) atoms. The number of hydrogen-bond donors (Lipinski definition) is 1. The molecule has 1 fully saturated rings. The molecule has 3 nitrogen and oxygen atoms in total. The summed E-state index contributed by atoms with van der Waals surface area (Å²) in [5, 5.41) is 8.67. The Kier molecular flexibility index (Phi) is 3.00. The fourth-order valence-corrected chi connectivity index (χ4v) is 1.95. The lowest BCUT2D eigenvalue weighted by Crippen LogP contribution is -2.26. The number of nitriles is 1. The van der Waals surface area contributed by atoms with E-state index < -0.39 is 0 Å². The van der Waals surface area contributed by atoms with Gasteiger partial charge >= 0.3 is 0 Å². The second kappa shape index (κ2) is 4.43. The van der Waals surface area contributed by atoms with Crippen molar-refractivity contribution in [1.82, 2.24) is 4.90 Å². The Morgan fingerprint density at radius 2 is 2.13 bits per heavy atom. The molecule has 1 heterocycles. The Balaban J connectivity index is 1.96. The summed E-state index contributed by atoms with van der Waals surface area (Å²) in [6.45, 7) is 3.01. The van der Waals surface area contributed by atoms with Crippen LogP contribution in [-0.2, 0) is 6.54 Å². The van der Waals surface area contributed by atoms with Crippen molar-refractivity contribution in [2.75, 3.05) is 13.1 Å². The number of likely N-dealkylation sites (tertiary alicyclic amines) is 1. The van der Waals surface area contributed by atoms with Crippen LogP contribution in [0.15, 0.2) is 24.3 Å². The molecule has 0 spiro atoms. The van der Waals surface area contributed by atoms with Crippen molar-refractivity contribution in [3.05, 3.63) is 35.4 Å². The van der Waals surface area contributed by atoms with Crippen molar-refractivity contribution in [1.29, 1.82) is 5.26 Å². The first-order valence-electron chi connectivity index (χ1n) is 5.25. The Hall–Kier alpha value is -1.37. The zero-order valence-corrected chi connectivity index (χ0v) is 8.69. The molecule has 1 aromatic carbocycles. The van der Waals surface area contributed by atoms with E-state index >= 15 is 0 Å². The van der Waals surface area contributed by atoms with Crippen molar-refractivity contribution in [2.24, 2.45) is 5.73 Å². The summed E-state index contributed by atoms with van der Waals surface area (Å²) in [7, 11) is 0. The van der Waals surface area contributed by atoms with Crippen LogP contribution in [0.2, 0.25) is 0 Å². The first-order valence-corrected chi connectivity index (χ1v) is 5.25. The monoisotopic (exact) mass is 201 g/mol. The Morgan fingerprint density at radius 3 is 2.67 bits per heavy atom. The highest BCUT2D eigenvalue weighted by atomic mass is 15.2. The summed E-state index contributed by atoms with van der Waals surface area (Å²) >= 11 is 0. The highest BCUT2D eigenvalue weighted by Gasteiger charge is 2.18. The van der Waals surface area contributed by atoms with Gasteiger partial charge in [-0.15, -0.1) is 0 Å². The topological polar surface area (TPSA) is 53.0 Å². The van der Waals surface area contributed by atoms with E-state index in [9.17, 15) is 0 Å². The minimum atomic E-state index is 0.336. The number of nitrogens with zero attached hydrogens (tertiary/aromatic N) is 2. The summed E-state index contributed by atoms with van der Waals surface area (Å²) in [6, 6.07) is 10.2. The average molecular weight is 201 g/mol. The number of benzene rings is 1. The van der Waals surface area contributed by atoms with Gasteiger partial charge in [0.05, 0.1) is 11.6 Å². The maximum Gasteiger partial charge on any atom is 0.0991 e. The summed E-state index contributed by atoms with van der Waals surface area (Å²) < 4.78 is 0. The normalized spacial score (nSPS) is 21.5. The van der Waals surface area contributed by atoms with Crippen LogP contribution in [-0.4, -0.2) is 24.0 Å². The zero-order chi connectivity index (χ0) is 10.7. The first-order chi connectivity index (χ1) is 7.28. The lowest BCUT2D eigenvalue weighted by atomic mass is 10.1. The molecule has 78 valence electrons. The molecule has 0 aromatic heterocycles. The maximum atomic E-state index is 8.67. The van der Waals surface area contributed by atoms with Crippen molar-refractivity contribution in [2.45, 2.75) is 19.0 Å². The van der Waals surface area contributed by atoms with E-state index in [1.54, 1.807) is 0 Å². The molecule has 0 saturated carbocycles. The Morgan fingerprint density at radius 1 is 1.40 bits per heavy atom. The number of rotatable bonds is 2. The summed E-state index contributed by atoms with van der Waals surface area (Å²) in [4.78, 5) is 2.35. The lowest BCUT2D eigenvalue weighted by molar-refractivity contribution is 0.327. The highest BCUT2D eigenvalue weighted by molar-refractivity contribution is 5.31. The summed E-state index contributed by atoms with van der Waals surface area (Å²) in [6.07, 6.45) is 1.09. The van der Waals surface area contributed by atoms with Gasteiger partial charge in [-0.25, -0.2) is 0 Å². The predicted molar refractivity (Wildman–Crippen MR) is 59.0 cm³/mol. The van der Waals surface area contributed by atoms with E-state index in [2.05, 4.69) is 11.0 Å². The molecule has 2 N–H and O–H groups in total. The molecule has 1 aromatic rings. The molecule has 0 amide bonds. The Labute approximate surface area is 90.1 Å². The van der Waals surface area contributed by atoms with Crippen LogP contribution in [0.3, 0.4) is 0 Å². The second-order valence-electron chi connectivity index (χ2n) is 4.09.